The summed E-state index contributed by atoms with van der Waals surface area (Å²) in [6.45, 7) is 2.94. The second-order valence-corrected chi connectivity index (χ2v) is 8.54. The lowest BCUT2D eigenvalue weighted by Gasteiger charge is -2.19. The molecule has 6 nitrogen and oxygen atoms in total. The summed E-state index contributed by atoms with van der Waals surface area (Å²) in [4.78, 5) is 12.1. The Kier molecular flexibility index (Phi) is 4.77. The maximum absolute atomic E-state index is 12.1. The lowest BCUT2D eigenvalue weighted by molar-refractivity contribution is 0.0995. The average molecular weight is 402 g/mol. The highest BCUT2D eigenvalue weighted by molar-refractivity contribution is 6.06. The van der Waals surface area contributed by atoms with E-state index in [9.17, 15) is 4.79 Å². The highest BCUT2D eigenvalue weighted by atomic mass is 16.5. The molecule has 2 fully saturated rings. The zero-order chi connectivity index (χ0) is 20.7. The smallest absolute Gasteiger partial charge is 0.269 e. The van der Waals surface area contributed by atoms with Crippen molar-refractivity contribution in [1.82, 2.24) is 10.2 Å². The first-order valence-electron chi connectivity index (χ1n) is 10.7. The third-order valence-electron chi connectivity index (χ3n) is 6.06. The number of ether oxygens (including phenoxy) is 1. The van der Waals surface area contributed by atoms with E-state index in [0.29, 0.717) is 24.1 Å². The van der Waals surface area contributed by atoms with Crippen molar-refractivity contribution >= 4 is 22.5 Å². The van der Waals surface area contributed by atoms with Crippen molar-refractivity contribution in [3.8, 4) is 16.9 Å². The molecule has 0 bridgehead atoms. The molecule has 0 unspecified atom stereocenters. The molecule has 3 N–H and O–H groups in total. The Balaban J connectivity index is 1.59. The van der Waals surface area contributed by atoms with Gasteiger partial charge in [-0.3, -0.25) is 4.79 Å². The Hall–Kier alpha value is -3.15. The molecular weight excluding hydrogens is 376 g/mol. The second-order valence-electron chi connectivity index (χ2n) is 8.54. The van der Waals surface area contributed by atoms with Gasteiger partial charge in [-0.15, -0.1) is 10.2 Å². The van der Waals surface area contributed by atoms with Crippen molar-refractivity contribution in [2.24, 2.45) is 17.6 Å². The number of fused-ring (bicyclic) bond motifs is 1. The summed E-state index contributed by atoms with van der Waals surface area (Å²) in [7, 11) is 0. The number of hydrogen-bond donors (Lipinski definition) is 2. The summed E-state index contributed by atoms with van der Waals surface area (Å²) in [5, 5.41) is 12.8. The topological polar surface area (TPSA) is 90.1 Å². The van der Waals surface area contributed by atoms with Crippen molar-refractivity contribution in [2.45, 2.75) is 38.6 Å². The molecule has 6 heteroatoms. The molecule has 0 spiro atoms. The van der Waals surface area contributed by atoms with Crippen LogP contribution in [0.25, 0.3) is 22.0 Å². The number of benzene rings is 2. The largest absolute Gasteiger partial charge is 0.491 e. The zero-order valence-electron chi connectivity index (χ0n) is 17.1. The normalized spacial score (nSPS) is 17.0. The van der Waals surface area contributed by atoms with Gasteiger partial charge in [0.2, 0.25) is 0 Å². The lowest BCUT2D eigenvalue weighted by atomic mass is 9.98. The quantitative estimate of drug-likeness (QED) is 0.583. The number of amides is 1. The van der Waals surface area contributed by atoms with Crippen molar-refractivity contribution in [3.05, 3.63) is 48.2 Å². The van der Waals surface area contributed by atoms with Gasteiger partial charge in [-0.1, -0.05) is 24.3 Å². The molecule has 2 aliphatic carbocycles. The summed E-state index contributed by atoms with van der Waals surface area (Å²) >= 11 is 0. The number of hydrogen-bond acceptors (Lipinski definition) is 5. The minimum Gasteiger partial charge on any atom is -0.491 e. The van der Waals surface area contributed by atoms with Gasteiger partial charge in [0.05, 0.1) is 17.8 Å². The molecular formula is C24H26N4O2. The van der Waals surface area contributed by atoms with Gasteiger partial charge in [0, 0.05) is 17.0 Å². The van der Waals surface area contributed by atoms with E-state index in [4.69, 9.17) is 10.5 Å². The predicted molar refractivity (Wildman–Crippen MR) is 118 cm³/mol. The molecule has 1 atom stereocenters. The maximum atomic E-state index is 12.1. The van der Waals surface area contributed by atoms with Gasteiger partial charge < -0.3 is 15.8 Å². The Morgan fingerprint density at radius 1 is 1.17 bits per heavy atom. The van der Waals surface area contributed by atoms with Crippen LogP contribution in [0.15, 0.2) is 42.5 Å². The first kappa shape index (κ1) is 18.9. The molecule has 2 aliphatic rings. The molecule has 0 saturated heterocycles. The predicted octanol–water partition coefficient (Wildman–Crippen LogP) is 4.39. The van der Waals surface area contributed by atoms with Gasteiger partial charge in [-0.05, 0) is 68.2 Å². The number of primary amides is 1. The summed E-state index contributed by atoms with van der Waals surface area (Å²) in [6.07, 6.45) is 5.01. The van der Waals surface area contributed by atoms with Crippen LogP contribution in [0.5, 0.6) is 5.75 Å². The fourth-order valence-electron chi connectivity index (χ4n) is 3.89. The first-order valence-corrected chi connectivity index (χ1v) is 10.7. The molecule has 2 aromatic carbocycles. The van der Waals surface area contributed by atoms with Crippen LogP contribution in [-0.2, 0) is 0 Å². The number of anilines is 1. The van der Waals surface area contributed by atoms with Crippen LogP contribution in [0, 0.1) is 11.8 Å². The third kappa shape index (κ3) is 3.82. The molecule has 1 heterocycles. The van der Waals surface area contributed by atoms with Crippen molar-refractivity contribution in [2.75, 3.05) is 11.9 Å². The minimum absolute atomic E-state index is 0.175. The van der Waals surface area contributed by atoms with Crippen LogP contribution in [-0.4, -0.2) is 28.8 Å². The summed E-state index contributed by atoms with van der Waals surface area (Å²) in [5.41, 5.74) is 9.08. The molecule has 0 aliphatic heterocycles. The van der Waals surface area contributed by atoms with E-state index in [1.807, 2.05) is 42.5 Å². The summed E-state index contributed by atoms with van der Waals surface area (Å²) in [6, 6.07) is 14.1. The summed E-state index contributed by atoms with van der Waals surface area (Å²) in [5.74, 6) is 1.60. The molecule has 1 amide bonds. The third-order valence-corrected chi connectivity index (χ3v) is 6.06. The molecule has 0 radical (unpaired) electrons. The van der Waals surface area contributed by atoms with E-state index >= 15 is 0 Å². The van der Waals surface area contributed by atoms with E-state index in [-0.39, 0.29) is 5.69 Å². The maximum Gasteiger partial charge on any atom is 0.269 e. The van der Waals surface area contributed by atoms with Crippen molar-refractivity contribution < 1.29 is 9.53 Å². The lowest BCUT2D eigenvalue weighted by Crippen LogP contribution is -2.18. The van der Waals surface area contributed by atoms with Gasteiger partial charge in [0.25, 0.3) is 5.91 Å². The average Bonchev–Trinajstić information content (AvgIpc) is 3.65. The highest BCUT2D eigenvalue weighted by Gasteiger charge is 2.29. The van der Waals surface area contributed by atoms with Crippen LogP contribution in [0.4, 0.5) is 5.69 Å². The number of nitrogens with two attached hydrogens (primary N) is 1. The molecule has 1 aromatic heterocycles. The van der Waals surface area contributed by atoms with Crippen LogP contribution in [0.3, 0.4) is 0 Å². The number of nitrogens with one attached hydrogen (secondary N) is 1. The fraction of sp³-hybridized carbons (Fsp3) is 0.375. The van der Waals surface area contributed by atoms with Gasteiger partial charge in [0.15, 0.2) is 5.69 Å². The summed E-state index contributed by atoms with van der Waals surface area (Å²) < 4.78 is 6.22. The molecule has 154 valence electrons. The monoisotopic (exact) mass is 402 g/mol. The first-order chi connectivity index (χ1) is 14.6. The van der Waals surface area contributed by atoms with E-state index in [1.54, 1.807) is 0 Å². The standard InChI is InChI=1S/C24H26N4O2/c1-14(16-8-9-16)26-20-11-10-17(12-21(20)30-13-15-6-7-15)22-18-4-2-3-5-19(18)27-28-23(22)24(25)29/h2-5,10-12,14-16,26H,6-9,13H2,1H3,(H2,25,29)/t14-/m1/s1. The Morgan fingerprint density at radius 3 is 2.70 bits per heavy atom. The molecule has 2 saturated carbocycles. The molecule has 30 heavy (non-hydrogen) atoms. The second kappa shape index (κ2) is 7.59. The number of rotatable bonds is 8. The minimum atomic E-state index is -0.590. The van der Waals surface area contributed by atoms with Gasteiger partial charge in [-0.25, -0.2) is 0 Å². The zero-order valence-corrected chi connectivity index (χ0v) is 17.1. The van der Waals surface area contributed by atoms with E-state index < -0.39 is 5.91 Å². The Labute approximate surface area is 175 Å². The number of carbonyl (C=O) groups excluding carboxylic acids is 1. The number of aromatic nitrogens is 2. The fourth-order valence-corrected chi connectivity index (χ4v) is 3.89. The number of carbonyl (C=O) groups is 1. The van der Waals surface area contributed by atoms with Gasteiger partial charge >= 0.3 is 0 Å². The number of nitrogens with zero attached hydrogens (tertiary/aromatic N) is 2. The van der Waals surface area contributed by atoms with E-state index in [0.717, 1.165) is 33.8 Å². The highest BCUT2D eigenvalue weighted by Crippen LogP contribution is 2.39. The van der Waals surface area contributed by atoms with Gasteiger partial charge in [0.1, 0.15) is 5.75 Å². The van der Waals surface area contributed by atoms with Crippen LogP contribution >= 0.6 is 0 Å². The van der Waals surface area contributed by atoms with Crippen LogP contribution in [0.1, 0.15) is 43.1 Å². The molecule has 5 rings (SSSR count). The Bertz CT molecular complexity index is 1110. The van der Waals surface area contributed by atoms with Crippen LogP contribution in [0.2, 0.25) is 0 Å². The van der Waals surface area contributed by atoms with Crippen molar-refractivity contribution in [3.63, 3.8) is 0 Å². The SMILES string of the molecule is C[C@@H](Nc1ccc(-c2c(C(N)=O)nnc3ccccc23)cc1OCC1CC1)C1CC1. The van der Waals surface area contributed by atoms with Crippen molar-refractivity contribution in [1.29, 1.82) is 0 Å². The van der Waals surface area contributed by atoms with Gasteiger partial charge in [-0.2, -0.15) is 0 Å². The molecule has 3 aromatic rings. The van der Waals surface area contributed by atoms with E-state index in [1.165, 1.54) is 25.7 Å². The van der Waals surface area contributed by atoms with E-state index in [2.05, 4.69) is 22.4 Å². The Morgan fingerprint density at radius 2 is 1.97 bits per heavy atom. The van der Waals surface area contributed by atoms with Crippen LogP contribution < -0.4 is 15.8 Å².